The van der Waals surface area contributed by atoms with Gasteiger partial charge in [-0.05, 0) is 76.9 Å². The summed E-state index contributed by atoms with van der Waals surface area (Å²) < 4.78 is 43.6. The normalized spacial score (nSPS) is 15.6. The Morgan fingerprint density at radius 3 is 2.50 bits per heavy atom. The van der Waals surface area contributed by atoms with Gasteiger partial charge < -0.3 is 0 Å². The largest absolute Gasteiger partial charge is 0.268 e. The van der Waals surface area contributed by atoms with Crippen molar-refractivity contribution in [1.82, 2.24) is 14.8 Å². The highest BCUT2D eigenvalue weighted by Crippen LogP contribution is 2.43. The highest BCUT2D eigenvalue weighted by Gasteiger charge is 2.29. The summed E-state index contributed by atoms with van der Waals surface area (Å²) in [6, 6.07) is 18.0. The number of aryl methyl sites for hydroxylation is 2. The molecule has 0 spiro atoms. The number of anilines is 1. The number of fused-ring (bicyclic) bond motifs is 1. The lowest BCUT2D eigenvalue weighted by molar-refractivity contribution is 0.584. The maximum atomic E-state index is 13.4. The van der Waals surface area contributed by atoms with E-state index in [-0.39, 0.29) is 22.0 Å². The fourth-order valence-electron chi connectivity index (χ4n) is 4.93. The predicted molar refractivity (Wildman–Crippen MR) is 139 cm³/mol. The summed E-state index contributed by atoms with van der Waals surface area (Å²) in [6.07, 6.45) is 3.47. The zero-order valence-corrected chi connectivity index (χ0v) is 21.6. The SMILES string of the molecule is Cn1nccc1-c1cc(C(C)(C)C)ccc1[C@H]1CCc2cc(S(=O)(=O)Nc3cccc(F)n3)ccc21. The third kappa shape index (κ3) is 4.53. The number of halogens is 1. The highest BCUT2D eigenvalue weighted by molar-refractivity contribution is 7.92. The van der Waals surface area contributed by atoms with Crippen molar-refractivity contribution in [2.75, 3.05) is 4.72 Å². The molecule has 5 rings (SSSR count). The van der Waals surface area contributed by atoms with E-state index in [9.17, 15) is 12.8 Å². The summed E-state index contributed by atoms with van der Waals surface area (Å²) in [5.74, 6) is -0.643. The van der Waals surface area contributed by atoms with E-state index < -0.39 is 16.0 Å². The molecule has 2 aromatic heterocycles. The Labute approximate surface area is 211 Å². The lowest BCUT2D eigenvalue weighted by Gasteiger charge is -2.24. The Hall–Kier alpha value is -3.52. The monoisotopic (exact) mass is 504 g/mol. The third-order valence-corrected chi connectivity index (χ3v) is 8.20. The van der Waals surface area contributed by atoms with Crippen molar-refractivity contribution in [2.45, 2.75) is 49.8 Å². The van der Waals surface area contributed by atoms with Gasteiger partial charge in [0.15, 0.2) is 0 Å². The molecule has 0 bridgehead atoms. The van der Waals surface area contributed by atoms with Gasteiger partial charge >= 0.3 is 0 Å². The van der Waals surface area contributed by atoms with Crippen LogP contribution < -0.4 is 4.72 Å². The van der Waals surface area contributed by atoms with Crippen LogP contribution in [0.15, 0.2) is 71.8 Å². The van der Waals surface area contributed by atoms with Gasteiger partial charge in [0.2, 0.25) is 5.95 Å². The summed E-state index contributed by atoms with van der Waals surface area (Å²) in [5.41, 5.74) is 6.80. The van der Waals surface area contributed by atoms with E-state index in [4.69, 9.17) is 0 Å². The van der Waals surface area contributed by atoms with Gasteiger partial charge in [0.05, 0.1) is 10.6 Å². The molecule has 0 saturated carbocycles. The molecule has 36 heavy (non-hydrogen) atoms. The van der Waals surface area contributed by atoms with E-state index in [1.54, 1.807) is 12.1 Å². The molecule has 0 unspecified atom stereocenters. The van der Waals surface area contributed by atoms with E-state index in [2.05, 4.69) is 53.8 Å². The Morgan fingerprint density at radius 2 is 1.81 bits per heavy atom. The van der Waals surface area contributed by atoms with Gasteiger partial charge in [-0.3, -0.25) is 9.40 Å². The van der Waals surface area contributed by atoms with E-state index in [0.29, 0.717) is 0 Å². The molecule has 1 aliphatic carbocycles. The molecule has 0 aliphatic heterocycles. The Kier molecular flexibility index (Phi) is 5.95. The summed E-state index contributed by atoms with van der Waals surface area (Å²) in [5, 5.41) is 4.39. The molecule has 8 heteroatoms. The van der Waals surface area contributed by atoms with Crippen LogP contribution in [0, 0.1) is 5.95 Å². The number of hydrogen-bond acceptors (Lipinski definition) is 4. The molecule has 1 atom stereocenters. The first-order valence-electron chi connectivity index (χ1n) is 11.9. The van der Waals surface area contributed by atoms with Crippen LogP contribution in [-0.2, 0) is 28.9 Å². The first-order valence-corrected chi connectivity index (χ1v) is 13.4. The molecule has 1 aliphatic rings. The van der Waals surface area contributed by atoms with Gasteiger partial charge in [-0.15, -0.1) is 0 Å². The van der Waals surface area contributed by atoms with Crippen molar-refractivity contribution < 1.29 is 12.8 Å². The molecular formula is C28H29FN4O2S. The van der Waals surface area contributed by atoms with Gasteiger partial charge in [0.1, 0.15) is 5.82 Å². The van der Waals surface area contributed by atoms with Crippen molar-refractivity contribution in [2.24, 2.45) is 7.05 Å². The minimum atomic E-state index is -3.90. The van der Waals surface area contributed by atoms with Gasteiger partial charge in [-0.2, -0.15) is 9.49 Å². The molecular weight excluding hydrogens is 475 g/mol. The van der Waals surface area contributed by atoms with Crippen LogP contribution in [0.3, 0.4) is 0 Å². The van der Waals surface area contributed by atoms with Gasteiger partial charge in [-0.25, -0.2) is 13.4 Å². The van der Waals surface area contributed by atoms with Crippen LogP contribution >= 0.6 is 0 Å². The van der Waals surface area contributed by atoms with E-state index >= 15 is 0 Å². The van der Waals surface area contributed by atoms with Crippen LogP contribution in [0.2, 0.25) is 0 Å². The number of nitrogens with one attached hydrogen (secondary N) is 1. The molecule has 6 nitrogen and oxygen atoms in total. The van der Waals surface area contributed by atoms with Crippen molar-refractivity contribution in [3.63, 3.8) is 0 Å². The fourth-order valence-corrected chi connectivity index (χ4v) is 5.98. The van der Waals surface area contributed by atoms with Crippen LogP contribution in [0.1, 0.15) is 55.4 Å². The molecule has 4 aromatic rings. The van der Waals surface area contributed by atoms with E-state index in [1.807, 2.05) is 30.1 Å². The van der Waals surface area contributed by atoms with E-state index in [0.717, 1.165) is 35.2 Å². The number of pyridine rings is 1. The lowest BCUT2D eigenvalue weighted by Crippen LogP contribution is -2.14. The standard InChI is InChI=1S/C28H29FN4O2S/c1-28(2,3)19-9-12-23(24(17-19)25-14-15-30-33(25)4)22-11-8-18-16-20(10-13-21(18)22)36(34,35)32-27-7-5-6-26(29)31-27/h5-7,9-10,12-17,22H,8,11H2,1-4H3,(H,31,32)/t22-/m0/s1. The second-order valence-corrected chi connectivity index (χ2v) is 12.0. The zero-order valence-electron chi connectivity index (χ0n) is 20.8. The summed E-state index contributed by atoms with van der Waals surface area (Å²) in [6.45, 7) is 6.61. The summed E-state index contributed by atoms with van der Waals surface area (Å²) in [7, 11) is -1.95. The molecule has 0 radical (unpaired) electrons. The second kappa shape index (κ2) is 8.85. The van der Waals surface area contributed by atoms with Crippen molar-refractivity contribution in [3.05, 3.63) is 95.1 Å². The molecule has 2 heterocycles. The quantitative estimate of drug-likeness (QED) is 0.349. The fraction of sp³-hybridized carbons (Fsp3) is 0.286. The number of aromatic nitrogens is 3. The summed E-state index contributed by atoms with van der Waals surface area (Å²) >= 11 is 0. The number of rotatable bonds is 5. The predicted octanol–water partition coefficient (Wildman–Crippen LogP) is 5.80. The molecule has 2 aromatic carbocycles. The van der Waals surface area contributed by atoms with Crippen LogP contribution in [0.4, 0.5) is 10.2 Å². The van der Waals surface area contributed by atoms with Crippen LogP contribution in [-0.4, -0.2) is 23.2 Å². The topological polar surface area (TPSA) is 76.9 Å². The van der Waals surface area contributed by atoms with Crippen LogP contribution in [0.25, 0.3) is 11.3 Å². The maximum absolute atomic E-state index is 13.4. The zero-order chi connectivity index (χ0) is 25.7. The lowest BCUT2D eigenvalue weighted by atomic mass is 9.81. The average Bonchev–Trinajstić information content (AvgIpc) is 3.43. The highest BCUT2D eigenvalue weighted by atomic mass is 32.2. The van der Waals surface area contributed by atoms with Crippen molar-refractivity contribution in [3.8, 4) is 11.3 Å². The molecule has 0 saturated heterocycles. The molecule has 186 valence electrons. The molecule has 0 fully saturated rings. The third-order valence-electron chi connectivity index (χ3n) is 6.85. The van der Waals surface area contributed by atoms with Gasteiger partial charge in [0.25, 0.3) is 10.0 Å². The number of sulfonamides is 1. The Morgan fingerprint density at radius 1 is 1.03 bits per heavy atom. The average molecular weight is 505 g/mol. The number of benzene rings is 2. The van der Waals surface area contributed by atoms with E-state index in [1.165, 1.54) is 29.3 Å². The molecule has 0 amide bonds. The smallest absolute Gasteiger partial charge is 0.263 e. The van der Waals surface area contributed by atoms with Crippen molar-refractivity contribution in [1.29, 1.82) is 0 Å². The molecule has 1 N–H and O–H groups in total. The van der Waals surface area contributed by atoms with Gasteiger partial charge in [0, 0.05) is 24.7 Å². The second-order valence-electron chi connectivity index (χ2n) is 10.3. The van der Waals surface area contributed by atoms with Crippen molar-refractivity contribution >= 4 is 15.8 Å². The van der Waals surface area contributed by atoms with Crippen LogP contribution in [0.5, 0.6) is 0 Å². The minimum absolute atomic E-state index is 0.00619. The number of hydrogen-bond donors (Lipinski definition) is 1. The minimum Gasteiger partial charge on any atom is -0.268 e. The Bertz CT molecular complexity index is 1550. The first kappa shape index (κ1) is 24.2. The van der Waals surface area contributed by atoms with Gasteiger partial charge in [-0.1, -0.05) is 45.0 Å². The summed E-state index contributed by atoms with van der Waals surface area (Å²) in [4.78, 5) is 3.75. The maximum Gasteiger partial charge on any atom is 0.263 e. The Balaban J connectivity index is 1.52. The first-order chi connectivity index (χ1) is 17.0. The number of nitrogens with zero attached hydrogens (tertiary/aromatic N) is 3.